The summed E-state index contributed by atoms with van der Waals surface area (Å²) in [5.74, 6) is 1.37. The smallest absolute Gasteiger partial charge is 0.295 e. The number of amides is 1. The van der Waals surface area contributed by atoms with Crippen molar-refractivity contribution in [2.75, 3.05) is 18.6 Å². The third-order valence-electron chi connectivity index (χ3n) is 7.03. The normalized spacial score (nSPS) is 14.9. The van der Waals surface area contributed by atoms with Gasteiger partial charge in [-0.1, -0.05) is 41.9 Å². The van der Waals surface area contributed by atoms with Crippen molar-refractivity contribution in [1.29, 1.82) is 0 Å². The lowest BCUT2D eigenvalue weighted by Gasteiger charge is -2.26. The highest BCUT2D eigenvalue weighted by molar-refractivity contribution is 9.10. The maximum absolute atomic E-state index is 14.0. The maximum atomic E-state index is 14.0. The van der Waals surface area contributed by atoms with Crippen molar-refractivity contribution in [2.45, 2.75) is 40.2 Å². The first kappa shape index (κ1) is 26.0. The number of fused-ring (bicyclic) bond motifs is 2. The minimum atomic E-state index is -0.701. The Morgan fingerprint density at radius 2 is 1.76 bits per heavy atom. The van der Waals surface area contributed by atoms with Gasteiger partial charge in [0.15, 0.2) is 16.9 Å². The van der Waals surface area contributed by atoms with E-state index in [9.17, 15) is 9.59 Å². The lowest BCUT2D eigenvalue weighted by Crippen LogP contribution is -2.29. The second-order valence-electron chi connectivity index (χ2n) is 10.1. The third kappa shape index (κ3) is 4.60. The van der Waals surface area contributed by atoms with Crippen LogP contribution < -0.4 is 19.8 Å². The molecule has 1 amide bonds. The number of halogens is 1. The number of hydrogen-bond acceptors (Lipinski definition) is 5. The number of nitrogens with zero attached hydrogens (tertiary/aromatic N) is 1. The molecule has 0 aliphatic carbocycles. The van der Waals surface area contributed by atoms with Crippen LogP contribution in [-0.2, 0) is 0 Å². The zero-order chi connectivity index (χ0) is 27.1. The first-order valence-electron chi connectivity index (χ1n) is 12.7. The summed E-state index contributed by atoms with van der Waals surface area (Å²) < 4.78 is 18.6. The molecule has 0 fully saturated rings. The van der Waals surface area contributed by atoms with Gasteiger partial charge in [-0.2, -0.15) is 0 Å². The summed E-state index contributed by atoms with van der Waals surface area (Å²) >= 11 is 3.51. The number of anilines is 1. The second-order valence-corrected chi connectivity index (χ2v) is 11.0. The molecule has 3 aromatic carbocycles. The predicted molar refractivity (Wildman–Crippen MR) is 153 cm³/mol. The van der Waals surface area contributed by atoms with Crippen molar-refractivity contribution in [2.24, 2.45) is 5.92 Å². The van der Waals surface area contributed by atoms with Gasteiger partial charge in [0.25, 0.3) is 5.91 Å². The van der Waals surface area contributed by atoms with E-state index >= 15 is 0 Å². The van der Waals surface area contributed by atoms with Crippen molar-refractivity contribution in [3.63, 3.8) is 0 Å². The van der Waals surface area contributed by atoms with Crippen LogP contribution >= 0.6 is 15.9 Å². The number of hydrogen-bond donors (Lipinski definition) is 0. The van der Waals surface area contributed by atoms with Gasteiger partial charge >= 0.3 is 0 Å². The fourth-order valence-electron chi connectivity index (χ4n) is 4.81. The second kappa shape index (κ2) is 10.3. The first-order valence-corrected chi connectivity index (χ1v) is 13.5. The fourth-order valence-corrected chi connectivity index (χ4v) is 5.20. The summed E-state index contributed by atoms with van der Waals surface area (Å²) in [5, 5.41) is 0.460. The fraction of sp³-hybridized carbons (Fsp3) is 0.290. The molecule has 0 N–H and O–H groups in total. The molecule has 2 heterocycles. The highest BCUT2D eigenvalue weighted by atomic mass is 79.9. The van der Waals surface area contributed by atoms with E-state index in [0.29, 0.717) is 46.2 Å². The van der Waals surface area contributed by atoms with Gasteiger partial charge in [0.05, 0.1) is 30.7 Å². The quantitative estimate of drug-likeness (QED) is 0.230. The van der Waals surface area contributed by atoms with E-state index in [4.69, 9.17) is 13.9 Å². The molecule has 0 saturated heterocycles. The molecule has 38 heavy (non-hydrogen) atoms. The van der Waals surface area contributed by atoms with Crippen LogP contribution in [0, 0.1) is 19.8 Å². The Kier molecular flexibility index (Phi) is 7.05. The average Bonchev–Trinajstić information content (AvgIpc) is 3.17. The lowest BCUT2D eigenvalue weighted by molar-refractivity contribution is 0.0971. The molecular weight excluding hydrogens is 546 g/mol. The molecule has 0 spiro atoms. The SMILES string of the molecule is COc1cc(C2c3c(oc4cc(C)c(C)cc4c3=O)C(=O)N2c2cccc(Br)c2)ccc1OCCC(C)C. The van der Waals surface area contributed by atoms with Crippen LogP contribution in [0.3, 0.4) is 0 Å². The van der Waals surface area contributed by atoms with Crippen LogP contribution in [0.1, 0.15) is 59.1 Å². The number of ether oxygens (including phenoxy) is 2. The Morgan fingerprint density at radius 3 is 2.47 bits per heavy atom. The molecular formula is C31H30BrNO5. The summed E-state index contributed by atoms with van der Waals surface area (Å²) in [6.07, 6.45) is 0.916. The van der Waals surface area contributed by atoms with E-state index in [1.54, 1.807) is 12.0 Å². The topological polar surface area (TPSA) is 69.0 Å². The summed E-state index contributed by atoms with van der Waals surface area (Å²) in [6, 6.07) is 16.0. The molecule has 1 atom stereocenters. The van der Waals surface area contributed by atoms with Crippen molar-refractivity contribution in [3.05, 3.63) is 97.3 Å². The molecule has 7 heteroatoms. The van der Waals surface area contributed by atoms with Gasteiger partial charge in [-0.05, 0) is 85.3 Å². The lowest BCUT2D eigenvalue weighted by atomic mass is 9.97. The number of benzene rings is 3. The van der Waals surface area contributed by atoms with E-state index in [1.807, 2.05) is 68.4 Å². The van der Waals surface area contributed by atoms with Crippen LogP contribution in [0.4, 0.5) is 5.69 Å². The standard InChI is InChI=1S/C31H30BrNO5/c1-17(2)11-12-37-24-10-9-20(15-26(24)36-5)28-27-29(34)23-13-18(3)19(4)14-25(23)38-30(27)31(35)33(28)22-8-6-7-21(32)16-22/h6-10,13-17,28H,11-12H2,1-5H3. The van der Waals surface area contributed by atoms with E-state index < -0.39 is 6.04 Å². The van der Waals surface area contributed by atoms with Crippen LogP contribution in [0.15, 0.2) is 68.3 Å². The van der Waals surface area contributed by atoms with Gasteiger partial charge in [-0.15, -0.1) is 0 Å². The monoisotopic (exact) mass is 575 g/mol. The highest BCUT2D eigenvalue weighted by Gasteiger charge is 2.44. The van der Waals surface area contributed by atoms with E-state index in [0.717, 1.165) is 27.6 Å². The Bertz CT molecular complexity index is 1610. The van der Waals surface area contributed by atoms with Crippen molar-refractivity contribution >= 4 is 38.5 Å². The Morgan fingerprint density at radius 1 is 1.00 bits per heavy atom. The number of rotatable bonds is 7. The Hall–Kier alpha value is -3.58. The van der Waals surface area contributed by atoms with Crippen LogP contribution in [0.5, 0.6) is 11.5 Å². The van der Waals surface area contributed by atoms with Crippen LogP contribution in [-0.4, -0.2) is 19.6 Å². The Balaban J connectivity index is 1.70. The zero-order valence-electron chi connectivity index (χ0n) is 22.1. The molecule has 0 saturated carbocycles. The number of methoxy groups -OCH3 is 1. The van der Waals surface area contributed by atoms with Crippen molar-refractivity contribution < 1.29 is 18.7 Å². The van der Waals surface area contributed by atoms with E-state index in [2.05, 4.69) is 29.8 Å². The predicted octanol–water partition coefficient (Wildman–Crippen LogP) is 7.36. The molecule has 1 aliphatic rings. The average molecular weight is 576 g/mol. The maximum Gasteiger partial charge on any atom is 0.295 e. The van der Waals surface area contributed by atoms with Crippen LogP contribution in [0.2, 0.25) is 0 Å². The number of carbonyl (C=O) groups is 1. The number of carbonyl (C=O) groups excluding carboxylic acids is 1. The summed E-state index contributed by atoms with van der Waals surface area (Å²) in [6.45, 7) is 8.77. The molecule has 1 unspecified atom stereocenters. The summed E-state index contributed by atoms with van der Waals surface area (Å²) in [4.78, 5) is 29.5. The molecule has 196 valence electrons. The third-order valence-corrected chi connectivity index (χ3v) is 7.52. The molecule has 1 aromatic heterocycles. The summed E-state index contributed by atoms with van der Waals surface area (Å²) in [5.41, 5.74) is 3.86. The molecule has 5 rings (SSSR count). The highest BCUT2D eigenvalue weighted by Crippen LogP contribution is 2.43. The zero-order valence-corrected chi connectivity index (χ0v) is 23.7. The van der Waals surface area contributed by atoms with Gasteiger partial charge in [-0.25, -0.2) is 0 Å². The van der Waals surface area contributed by atoms with Gasteiger partial charge in [0.2, 0.25) is 5.76 Å². The van der Waals surface area contributed by atoms with Crippen molar-refractivity contribution in [1.82, 2.24) is 0 Å². The van der Waals surface area contributed by atoms with Gasteiger partial charge in [0.1, 0.15) is 5.58 Å². The van der Waals surface area contributed by atoms with Crippen LogP contribution in [0.25, 0.3) is 11.0 Å². The van der Waals surface area contributed by atoms with Gasteiger partial charge in [0, 0.05) is 10.2 Å². The molecule has 0 radical (unpaired) electrons. The molecule has 1 aliphatic heterocycles. The molecule has 6 nitrogen and oxygen atoms in total. The first-order chi connectivity index (χ1) is 18.2. The van der Waals surface area contributed by atoms with Gasteiger partial charge in [-0.3, -0.25) is 14.5 Å². The Labute approximate surface area is 230 Å². The van der Waals surface area contributed by atoms with E-state index in [1.165, 1.54) is 0 Å². The number of aryl methyl sites for hydroxylation is 2. The van der Waals surface area contributed by atoms with Gasteiger partial charge < -0.3 is 13.9 Å². The minimum absolute atomic E-state index is 0.0620. The molecule has 4 aromatic rings. The summed E-state index contributed by atoms with van der Waals surface area (Å²) in [7, 11) is 1.58. The minimum Gasteiger partial charge on any atom is -0.493 e. The molecule has 0 bridgehead atoms. The van der Waals surface area contributed by atoms with Crippen molar-refractivity contribution in [3.8, 4) is 11.5 Å². The largest absolute Gasteiger partial charge is 0.493 e. The van der Waals surface area contributed by atoms with E-state index in [-0.39, 0.29) is 17.1 Å².